The van der Waals surface area contributed by atoms with E-state index in [1.807, 2.05) is 25.1 Å². The number of carbonyl (C=O) groups is 1. The van der Waals surface area contributed by atoms with E-state index in [4.69, 9.17) is 4.74 Å². The fourth-order valence-corrected chi connectivity index (χ4v) is 3.93. The molecule has 0 aliphatic rings. The van der Waals surface area contributed by atoms with Crippen LogP contribution in [0.1, 0.15) is 44.7 Å². The second-order valence-electron chi connectivity index (χ2n) is 7.33. The van der Waals surface area contributed by atoms with Gasteiger partial charge in [-0.25, -0.2) is 13.1 Å². The molecule has 0 unspecified atom stereocenters. The molecule has 0 aliphatic heterocycles. The van der Waals surface area contributed by atoms with Gasteiger partial charge in [0, 0.05) is 11.7 Å². The van der Waals surface area contributed by atoms with E-state index < -0.39 is 10.0 Å². The molecule has 0 heterocycles. The summed E-state index contributed by atoms with van der Waals surface area (Å²) in [5.41, 5.74) is 2.61. The summed E-state index contributed by atoms with van der Waals surface area (Å²) in [7, 11) is -3.56. The number of amides is 1. The average Bonchev–Trinajstić information content (AvgIpc) is 2.59. The molecule has 2 rings (SSSR count). The number of aryl methyl sites for hydroxylation is 1. The zero-order valence-corrected chi connectivity index (χ0v) is 17.8. The van der Waals surface area contributed by atoms with Crippen molar-refractivity contribution in [2.75, 3.05) is 11.9 Å². The Morgan fingerprint density at radius 3 is 2.25 bits per heavy atom. The summed E-state index contributed by atoms with van der Waals surface area (Å²) in [6.45, 7) is 9.50. The fourth-order valence-electron chi connectivity index (χ4n) is 2.68. The number of hydrogen-bond donors (Lipinski definition) is 2. The van der Waals surface area contributed by atoms with Gasteiger partial charge in [-0.3, -0.25) is 4.79 Å². The number of sulfonamides is 1. The van der Waals surface area contributed by atoms with Crippen LogP contribution in [0.5, 0.6) is 5.75 Å². The molecule has 0 aromatic heterocycles. The number of ether oxygens (including phenoxy) is 1. The minimum absolute atomic E-state index is 0.127. The lowest BCUT2D eigenvalue weighted by molar-refractivity contribution is -0.118. The zero-order chi connectivity index (χ0) is 20.9. The van der Waals surface area contributed by atoms with Crippen LogP contribution in [0, 0.1) is 6.92 Å². The highest BCUT2D eigenvalue weighted by Crippen LogP contribution is 2.27. The maximum atomic E-state index is 12.2. The maximum Gasteiger partial charge on any atom is 0.262 e. The van der Waals surface area contributed by atoms with Crippen LogP contribution in [-0.2, 0) is 14.8 Å². The first kappa shape index (κ1) is 21.9. The van der Waals surface area contributed by atoms with Crippen LogP contribution in [0.3, 0.4) is 0 Å². The van der Waals surface area contributed by atoms with Gasteiger partial charge in [-0.2, -0.15) is 0 Å². The van der Waals surface area contributed by atoms with Gasteiger partial charge in [0.15, 0.2) is 6.61 Å². The van der Waals surface area contributed by atoms with Crippen molar-refractivity contribution in [3.05, 3.63) is 53.6 Å². The van der Waals surface area contributed by atoms with Crippen LogP contribution in [0.25, 0.3) is 0 Å². The Balaban J connectivity index is 2.00. The summed E-state index contributed by atoms with van der Waals surface area (Å²) in [6.07, 6.45) is 0. The highest BCUT2D eigenvalue weighted by atomic mass is 32.2. The van der Waals surface area contributed by atoms with E-state index in [-0.39, 0.29) is 29.4 Å². The van der Waals surface area contributed by atoms with Crippen molar-refractivity contribution in [3.8, 4) is 5.75 Å². The Morgan fingerprint density at radius 1 is 1.04 bits per heavy atom. The van der Waals surface area contributed by atoms with Gasteiger partial charge in [-0.05, 0) is 68.1 Å². The van der Waals surface area contributed by atoms with Gasteiger partial charge in [0.2, 0.25) is 10.0 Å². The quantitative estimate of drug-likeness (QED) is 0.700. The molecule has 0 spiro atoms. The predicted molar refractivity (Wildman–Crippen MR) is 111 cm³/mol. The standard InChI is InChI=1S/C21H28N2O4S/c1-14(2)19-11-6-16(5)12-20(19)27-13-21(24)22-17-7-9-18(10-8-17)28(25,26)23-15(3)4/h6-12,14-15,23H,13H2,1-5H3,(H,22,24). The van der Waals surface area contributed by atoms with Crippen molar-refractivity contribution in [2.24, 2.45) is 0 Å². The molecule has 7 heteroatoms. The third-order valence-electron chi connectivity index (χ3n) is 3.99. The van der Waals surface area contributed by atoms with Gasteiger partial charge in [-0.1, -0.05) is 26.0 Å². The summed E-state index contributed by atoms with van der Waals surface area (Å²) < 4.78 is 32.5. The minimum atomic E-state index is -3.56. The van der Waals surface area contributed by atoms with Gasteiger partial charge in [0.1, 0.15) is 5.75 Å². The van der Waals surface area contributed by atoms with E-state index in [9.17, 15) is 13.2 Å². The number of benzene rings is 2. The molecule has 6 nitrogen and oxygen atoms in total. The first-order valence-corrected chi connectivity index (χ1v) is 10.7. The maximum absolute atomic E-state index is 12.2. The van der Waals surface area contributed by atoms with Crippen molar-refractivity contribution in [3.63, 3.8) is 0 Å². The molecule has 28 heavy (non-hydrogen) atoms. The number of hydrogen-bond acceptors (Lipinski definition) is 4. The highest BCUT2D eigenvalue weighted by molar-refractivity contribution is 7.89. The van der Waals surface area contributed by atoms with Crippen molar-refractivity contribution in [1.82, 2.24) is 4.72 Å². The van der Waals surface area contributed by atoms with Crippen LogP contribution in [-0.4, -0.2) is 27.0 Å². The monoisotopic (exact) mass is 404 g/mol. The van der Waals surface area contributed by atoms with Gasteiger partial charge < -0.3 is 10.1 Å². The lowest BCUT2D eigenvalue weighted by atomic mass is 10.0. The van der Waals surface area contributed by atoms with Crippen molar-refractivity contribution in [1.29, 1.82) is 0 Å². The number of carbonyl (C=O) groups excluding carboxylic acids is 1. The van der Waals surface area contributed by atoms with E-state index >= 15 is 0 Å². The Bertz CT molecular complexity index is 920. The minimum Gasteiger partial charge on any atom is -0.483 e. The van der Waals surface area contributed by atoms with Crippen molar-refractivity contribution >= 4 is 21.6 Å². The molecule has 2 N–H and O–H groups in total. The number of nitrogens with one attached hydrogen (secondary N) is 2. The van der Waals surface area contributed by atoms with Crippen molar-refractivity contribution < 1.29 is 17.9 Å². The third kappa shape index (κ3) is 6.07. The Hall–Kier alpha value is -2.38. The summed E-state index contributed by atoms with van der Waals surface area (Å²) >= 11 is 0. The molecular formula is C21H28N2O4S. The molecule has 0 saturated carbocycles. The molecule has 0 radical (unpaired) electrons. The van der Waals surface area contributed by atoms with E-state index in [0.29, 0.717) is 11.4 Å². The van der Waals surface area contributed by atoms with Gasteiger partial charge in [0.05, 0.1) is 4.90 Å². The third-order valence-corrected chi connectivity index (χ3v) is 5.66. The van der Waals surface area contributed by atoms with E-state index in [0.717, 1.165) is 11.1 Å². The van der Waals surface area contributed by atoms with Crippen LogP contribution >= 0.6 is 0 Å². The highest BCUT2D eigenvalue weighted by Gasteiger charge is 2.15. The van der Waals surface area contributed by atoms with Crippen LogP contribution in [0.4, 0.5) is 5.69 Å². The smallest absolute Gasteiger partial charge is 0.262 e. The second kappa shape index (κ2) is 9.21. The van der Waals surface area contributed by atoms with E-state index in [2.05, 4.69) is 23.9 Å². The number of rotatable bonds is 8. The summed E-state index contributed by atoms with van der Waals surface area (Å²) in [5, 5.41) is 2.72. The summed E-state index contributed by atoms with van der Waals surface area (Å²) in [6, 6.07) is 11.8. The summed E-state index contributed by atoms with van der Waals surface area (Å²) in [5.74, 6) is 0.672. The second-order valence-corrected chi connectivity index (χ2v) is 9.05. The predicted octanol–water partition coefficient (Wildman–Crippen LogP) is 3.82. The molecule has 2 aromatic rings. The van der Waals surface area contributed by atoms with E-state index in [1.54, 1.807) is 26.0 Å². The zero-order valence-electron chi connectivity index (χ0n) is 16.9. The lowest BCUT2D eigenvalue weighted by Gasteiger charge is -2.15. The Labute approximate surface area is 167 Å². The molecule has 1 amide bonds. The molecule has 0 bridgehead atoms. The van der Waals surface area contributed by atoms with Crippen molar-refractivity contribution in [2.45, 2.75) is 51.5 Å². The molecule has 0 fully saturated rings. The topological polar surface area (TPSA) is 84.5 Å². The van der Waals surface area contributed by atoms with Gasteiger partial charge >= 0.3 is 0 Å². The molecule has 2 aromatic carbocycles. The molecule has 0 atom stereocenters. The van der Waals surface area contributed by atoms with Gasteiger partial charge in [0.25, 0.3) is 5.91 Å². The Kier molecular flexibility index (Phi) is 7.21. The summed E-state index contributed by atoms with van der Waals surface area (Å²) in [4.78, 5) is 12.4. The largest absolute Gasteiger partial charge is 0.483 e. The van der Waals surface area contributed by atoms with Crippen LogP contribution in [0.2, 0.25) is 0 Å². The molecule has 0 saturated heterocycles. The van der Waals surface area contributed by atoms with Crippen LogP contribution < -0.4 is 14.8 Å². The lowest BCUT2D eigenvalue weighted by Crippen LogP contribution is -2.30. The molecular weight excluding hydrogens is 376 g/mol. The van der Waals surface area contributed by atoms with Gasteiger partial charge in [-0.15, -0.1) is 0 Å². The fraction of sp³-hybridized carbons (Fsp3) is 0.381. The first-order chi connectivity index (χ1) is 13.1. The van der Waals surface area contributed by atoms with E-state index in [1.165, 1.54) is 12.1 Å². The SMILES string of the molecule is Cc1ccc(C(C)C)c(OCC(=O)Nc2ccc(S(=O)(=O)NC(C)C)cc2)c1. The molecule has 152 valence electrons. The van der Waals surface area contributed by atoms with Crippen LogP contribution in [0.15, 0.2) is 47.4 Å². The Morgan fingerprint density at radius 2 is 1.68 bits per heavy atom. The number of anilines is 1. The normalized spacial score (nSPS) is 11.7. The average molecular weight is 405 g/mol. The molecule has 0 aliphatic carbocycles. The first-order valence-electron chi connectivity index (χ1n) is 9.24.